The SMILES string of the molecule is NCC(COc1ccc(Br)cc1Cl)C(F)(F)F. The molecule has 0 aliphatic heterocycles. The average Bonchev–Trinajstić information content (AvgIpc) is 2.19. The molecule has 0 saturated carbocycles. The molecule has 0 bridgehead atoms. The predicted octanol–water partition coefficient (Wildman–Crippen LogP) is 3.62. The monoisotopic (exact) mass is 331 g/mol. The molecule has 1 unspecified atom stereocenters. The average molecular weight is 333 g/mol. The molecule has 1 aromatic carbocycles. The maximum atomic E-state index is 12.4. The van der Waals surface area contributed by atoms with E-state index in [1.54, 1.807) is 12.1 Å². The summed E-state index contributed by atoms with van der Waals surface area (Å²) < 4.78 is 42.9. The number of benzene rings is 1. The summed E-state index contributed by atoms with van der Waals surface area (Å²) in [7, 11) is 0. The van der Waals surface area contributed by atoms with Crippen molar-refractivity contribution < 1.29 is 17.9 Å². The van der Waals surface area contributed by atoms with Gasteiger partial charge in [0.15, 0.2) is 0 Å². The summed E-state index contributed by atoms with van der Waals surface area (Å²) in [5.74, 6) is -1.49. The zero-order valence-electron chi connectivity index (χ0n) is 8.60. The lowest BCUT2D eigenvalue weighted by atomic mass is 10.1. The topological polar surface area (TPSA) is 35.2 Å². The van der Waals surface area contributed by atoms with Crippen molar-refractivity contribution in [2.45, 2.75) is 6.18 Å². The largest absolute Gasteiger partial charge is 0.491 e. The number of hydrogen-bond donors (Lipinski definition) is 1. The van der Waals surface area contributed by atoms with Crippen LogP contribution >= 0.6 is 27.5 Å². The second-order valence-electron chi connectivity index (χ2n) is 3.36. The van der Waals surface area contributed by atoms with E-state index in [-0.39, 0.29) is 10.8 Å². The third-order valence-corrected chi connectivity index (χ3v) is 2.87. The number of nitrogens with two attached hydrogens (primary N) is 1. The van der Waals surface area contributed by atoms with E-state index in [0.717, 1.165) is 4.47 Å². The van der Waals surface area contributed by atoms with Gasteiger partial charge in [0.05, 0.1) is 5.02 Å². The molecular formula is C10H10BrClF3NO. The molecule has 0 saturated heterocycles. The highest BCUT2D eigenvalue weighted by atomic mass is 79.9. The Morgan fingerprint density at radius 1 is 1.41 bits per heavy atom. The number of alkyl halides is 3. The van der Waals surface area contributed by atoms with Gasteiger partial charge < -0.3 is 10.5 Å². The van der Waals surface area contributed by atoms with Gasteiger partial charge in [0.25, 0.3) is 0 Å². The molecule has 0 spiro atoms. The summed E-state index contributed by atoms with van der Waals surface area (Å²) in [6.45, 7) is -1.06. The standard InChI is InChI=1S/C10H10BrClF3NO/c11-7-1-2-9(8(12)3-7)17-5-6(4-16)10(13,14)15/h1-3,6H,4-5,16H2. The van der Waals surface area contributed by atoms with E-state index in [2.05, 4.69) is 15.9 Å². The first-order chi connectivity index (χ1) is 7.84. The quantitative estimate of drug-likeness (QED) is 0.914. The second-order valence-corrected chi connectivity index (χ2v) is 4.68. The van der Waals surface area contributed by atoms with Crippen LogP contribution in [0.15, 0.2) is 22.7 Å². The number of rotatable bonds is 4. The molecule has 1 atom stereocenters. The Morgan fingerprint density at radius 3 is 2.53 bits per heavy atom. The van der Waals surface area contributed by atoms with Gasteiger partial charge in [-0.3, -0.25) is 0 Å². The van der Waals surface area contributed by atoms with Crippen molar-refractivity contribution in [1.29, 1.82) is 0 Å². The van der Waals surface area contributed by atoms with Gasteiger partial charge in [0.1, 0.15) is 18.3 Å². The summed E-state index contributed by atoms with van der Waals surface area (Å²) in [4.78, 5) is 0. The zero-order valence-corrected chi connectivity index (χ0v) is 10.9. The van der Waals surface area contributed by atoms with Gasteiger partial charge in [-0.15, -0.1) is 0 Å². The van der Waals surface area contributed by atoms with E-state index < -0.39 is 25.2 Å². The molecule has 1 aromatic rings. The molecule has 2 N–H and O–H groups in total. The predicted molar refractivity (Wildman–Crippen MR) is 63.2 cm³/mol. The van der Waals surface area contributed by atoms with Crippen LogP contribution in [0, 0.1) is 5.92 Å². The van der Waals surface area contributed by atoms with Crippen LogP contribution in [-0.2, 0) is 0 Å². The van der Waals surface area contributed by atoms with Crippen molar-refractivity contribution >= 4 is 27.5 Å². The zero-order chi connectivity index (χ0) is 13.1. The normalized spacial score (nSPS) is 13.5. The lowest BCUT2D eigenvalue weighted by molar-refractivity contribution is -0.178. The van der Waals surface area contributed by atoms with Gasteiger partial charge in [0.2, 0.25) is 0 Å². The Balaban J connectivity index is 2.66. The van der Waals surface area contributed by atoms with Crippen molar-refractivity contribution in [2.75, 3.05) is 13.2 Å². The minimum Gasteiger partial charge on any atom is -0.491 e. The smallest absolute Gasteiger partial charge is 0.396 e. The fraction of sp³-hybridized carbons (Fsp3) is 0.400. The molecule has 96 valence electrons. The first-order valence-electron chi connectivity index (χ1n) is 4.69. The highest BCUT2D eigenvalue weighted by molar-refractivity contribution is 9.10. The summed E-state index contributed by atoms with van der Waals surface area (Å²) in [5.41, 5.74) is 5.04. The van der Waals surface area contributed by atoms with Gasteiger partial charge in [-0.05, 0) is 18.2 Å². The van der Waals surface area contributed by atoms with Gasteiger partial charge in [-0.2, -0.15) is 13.2 Å². The van der Waals surface area contributed by atoms with Crippen molar-refractivity contribution in [2.24, 2.45) is 11.7 Å². The molecule has 0 aromatic heterocycles. The van der Waals surface area contributed by atoms with Gasteiger partial charge in [-0.25, -0.2) is 0 Å². The van der Waals surface area contributed by atoms with Crippen LogP contribution in [0.1, 0.15) is 0 Å². The third-order valence-electron chi connectivity index (χ3n) is 2.08. The maximum Gasteiger partial charge on any atom is 0.396 e. The Bertz CT molecular complexity index is 386. The second kappa shape index (κ2) is 5.93. The minimum atomic E-state index is -4.36. The van der Waals surface area contributed by atoms with Crippen LogP contribution in [0.3, 0.4) is 0 Å². The maximum absolute atomic E-state index is 12.4. The number of ether oxygens (including phenoxy) is 1. The molecule has 0 heterocycles. The Labute approximate surface area is 110 Å². The minimum absolute atomic E-state index is 0.206. The summed E-state index contributed by atoms with van der Waals surface area (Å²) >= 11 is 8.98. The molecule has 17 heavy (non-hydrogen) atoms. The van der Waals surface area contributed by atoms with E-state index >= 15 is 0 Å². The Kier molecular flexibility index (Phi) is 5.09. The Hall–Kier alpha value is -0.460. The van der Waals surface area contributed by atoms with Gasteiger partial charge in [-0.1, -0.05) is 27.5 Å². The van der Waals surface area contributed by atoms with E-state index in [1.807, 2.05) is 0 Å². The fourth-order valence-electron chi connectivity index (χ4n) is 1.08. The molecule has 0 fully saturated rings. The first-order valence-corrected chi connectivity index (χ1v) is 5.86. The van der Waals surface area contributed by atoms with Crippen LogP contribution in [0.2, 0.25) is 5.02 Å². The molecule has 0 amide bonds. The van der Waals surface area contributed by atoms with E-state index in [9.17, 15) is 13.2 Å². The van der Waals surface area contributed by atoms with Crippen molar-refractivity contribution in [3.8, 4) is 5.75 Å². The molecule has 0 aliphatic carbocycles. The van der Waals surface area contributed by atoms with Gasteiger partial charge in [0, 0.05) is 11.0 Å². The summed E-state index contributed by atoms with van der Waals surface area (Å²) in [6, 6.07) is 4.67. The molecule has 7 heteroatoms. The molecule has 0 aliphatic rings. The van der Waals surface area contributed by atoms with E-state index in [4.69, 9.17) is 22.1 Å². The highest BCUT2D eigenvalue weighted by Gasteiger charge is 2.39. The molecule has 0 radical (unpaired) electrons. The summed E-state index contributed by atoms with van der Waals surface area (Å²) in [6.07, 6.45) is -4.36. The lowest BCUT2D eigenvalue weighted by Gasteiger charge is -2.19. The van der Waals surface area contributed by atoms with Crippen molar-refractivity contribution in [1.82, 2.24) is 0 Å². The Morgan fingerprint density at radius 2 is 2.06 bits per heavy atom. The molecule has 1 rings (SSSR count). The number of halogens is 5. The van der Waals surface area contributed by atoms with Crippen LogP contribution in [0.5, 0.6) is 5.75 Å². The van der Waals surface area contributed by atoms with Crippen molar-refractivity contribution in [3.05, 3.63) is 27.7 Å². The molecule has 2 nitrogen and oxygen atoms in total. The van der Waals surface area contributed by atoms with Crippen LogP contribution in [-0.4, -0.2) is 19.3 Å². The first kappa shape index (κ1) is 14.6. The third kappa shape index (κ3) is 4.37. The van der Waals surface area contributed by atoms with Gasteiger partial charge >= 0.3 is 6.18 Å². The van der Waals surface area contributed by atoms with E-state index in [0.29, 0.717) is 0 Å². The van der Waals surface area contributed by atoms with Crippen LogP contribution in [0.25, 0.3) is 0 Å². The highest BCUT2D eigenvalue weighted by Crippen LogP contribution is 2.30. The van der Waals surface area contributed by atoms with Crippen LogP contribution in [0.4, 0.5) is 13.2 Å². The van der Waals surface area contributed by atoms with Crippen LogP contribution < -0.4 is 10.5 Å². The number of hydrogen-bond acceptors (Lipinski definition) is 2. The fourth-order valence-corrected chi connectivity index (χ4v) is 1.81. The van der Waals surface area contributed by atoms with Crippen molar-refractivity contribution in [3.63, 3.8) is 0 Å². The molecular weight excluding hydrogens is 322 g/mol. The lowest BCUT2D eigenvalue weighted by Crippen LogP contribution is -2.35. The summed E-state index contributed by atoms with van der Waals surface area (Å²) in [5, 5.41) is 0.248. The van der Waals surface area contributed by atoms with E-state index in [1.165, 1.54) is 6.07 Å².